The van der Waals surface area contributed by atoms with E-state index >= 15 is 0 Å². The molecule has 12 aliphatic rings. The average molecular weight is 2000 g/mol. The van der Waals surface area contributed by atoms with Crippen molar-refractivity contribution in [3.8, 4) is 11.5 Å². The van der Waals surface area contributed by atoms with Crippen LogP contribution in [0.5, 0.6) is 11.5 Å². The molecule has 7 N–H and O–H groups in total. The fourth-order valence-electron chi connectivity index (χ4n) is 26.1. The lowest BCUT2D eigenvalue weighted by Crippen LogP contribution is -2.63. The van der Waals surface area contributed by atoms with Crippen LogP contribution in [0, 0.1) is 92.7 Å². The summed E-state index contributed by atoms with van der Waals surface area (Å²) < 4.78 is 95.1. The van der Waals surface area contributed by atoms with Gasteiger partial charge in [-0.2, -0.15) is 0 Å². The number of fused-ring (bicyclic) bond motifs is 10. The standard InChI is InChI=1S/C58H96O13Si2.C52H82O13Si/c1-34(2)18-25-44(59)36(4)58(63)47(31-43-41-24-21-38-30-40(70-72(14,15)54(5,6)7)26-28-56(38,11)42(41)27-29-57(43,58)12)67-52-35(3)49(45(60)32-65-52)69-53-50(68-51(62)37-19-22-39(64-13)23-20-37)48(61)46(33-66-53)71-73(16,17)55(8,9)10;1-29(2)13-20-39(53)31(4)52(58)42(26-38-36-19-16-33-25-35(65-66(11,12)49(5,6)7)21-23-50(33,8)37(36)22-24-51(38,52)9)62-47-30(3)44(41(55)28-60-47)64-48-45(43(56)40(54)27-61-48)63-46(57)32-14-17-34(59-10)18-15-32/h19-23,34-36,40-43,45-50,52-53,60-61,63H,18,24-33H2,1-17H3;14-18,29-31,35-38,40-45,47-48,54-56,58H,13,19-28H2,1-12H3/t35?,36-,40+,41-,42?,43+,45?,46?,47+,48?,49?,50?,52?,53?,56+,57+,58-;30?,31-,35+,36-,37?,38+,40?,41?,42+,43?,44?,45?,47?,48?,50+,51+,52-/m11/s1. The Morgan fingerprint density at radius 3 is 1.14 bits per heavy atom. The number of allylic oxidation sites excluding steroid dienone is 2. The number of ketones is 2. The number of rotatable bonds is 30. The van der Waals surface area contributed by atoms with E-state index in [4.69, 9.17) is 70.1 Å². The molecule has 0 amide bonds. The van der Waals surface area contributed by atoms with Crippen molar-refractivity contribution in [1.29, 1.82) is 0 Å². The summed E-state index contributed by atoms with van der Waals surface area (Å²) >= 11 is 0. The van der Waals surface area contributed by atoms with Crippen molar-refractivity contribution in [2.75, 3.05) is 40.6 Å². The molecule has 8 aliphatic carbocycles. The summed E-state index contributed by atoms with van der Waals surface area (Å²) in [5.41, 5.74) is -0.733. The molecule has 2 aromatic carbocycles. The molecule has 2 aromatic rings. The maximum atomic E-state index is 14.4. The van der Waals surface area contributed by atoms with Gasteiger partial charge in [0.25, 0.3) is 0 Å². The van der Waals surface area contributed by atoms with Gasteiger partial charge in [-0.3, -0.25) is 9.59 Å². The topological polar surface area (TPSA) is 348 Å². The van der Waals surface area contributed by atoms with Crippen LogP contribution >= 0.6 is 0 Å². The first kappa shape index (κ1) is 112. The molecule has 14 rings (SSSR count). The van der Waals surface area contributed by atoms with Crippen molar-refractivity contribution in [1.82, 2.24) is 0 Å². The maximum Gasteiger partial charge on any atom is 0.338 e. The van der Waals surface area contributed by atoms with Gasteiger partial charge in [0.1, 0.15) is 64.8 Å². The van der Waals surface area contributed by atoms with Crippen LogP contribution in [0.3, 0.4) is 0 Å². The molecule has 6 saturated carbocycles. The molecule has 4 heterocycles. The number of hydrogen-bond donors (Lipinski definition) is 7. The number of Topliss-reactive ketones (excluding diaryl/α,β-unsaturated/α-hetero) is 2. The average Bonchev–Trinajstić information content (AvgIpc) is 1.55. The van der Waals surface area contributed by atoms with Crippen molar-refractivity contribution < 1.29 is 125 Å². The number of carbonyl (C=O) groups is 4. The molecule has 26 nitrogen and oxygen atoms in total. The van der Waals surface area contributed by atoms with Crippen molar-refractivity contribution >= 4 is 48.5 Å². The van der Waals surface area contributed by atoms with E-state index in [0.717, 1.165) is 89.9 Å². The van der Waals surface area contributed by atoms with E-state index in [0.29, 0.717) is 72.7 Å². The molecule has 10 fully saturated rings. The molecular formula is C110H178O26Si3. The second-order valence-corrected chi connectivity index (χ2v) is 64.8. The number of esters is 2. The number of ether oxygens (including phenoxy) is 12. The molecule has 0 aromatic heterocycles. The normalized spacial score (nSPS) is 39.8. The first-order chi connectivity index (χ1) is 64.6. The number of aliphatic hydroxyl groups excluding tert-OH is 5. The zero-order chi connectivity index (χ0) is 102. The molecular weight excluding hydrogens is 1820 g/mol. The Morgan fingerprint density at radius 2 is 0.784 bits per heavy atom. The Kier molecular flexibility index (Phi) is 34.4. The van der Waals surface area contributed by atoms with E-state index in [9.17, 15) is 54.9 Å². The number of aliphatic hydroxyl groups is 7. The molecule has 139 heavy (non-hydrogen) atoms. The van der Waals surface area contributed by atoms with Crippen LogP contribution < -0.4 is 9.47 Å². The number of carbonyl (C=O) groups excluding carboxylic acids is 4. The van der Waals surface area contributed by atoms with Gasteiger partial charge in [-0.1, -0.05) is 169 Å². The lowest BCUT2D eigenvalue weighted by atomic mass is 9.46. The van der Waals surface area contributed by atoms with E-state index < -0.39 is 181 Å². The summed E-state index contributed by atoms with van der Waals surface area (Å²) in [5.74, 6) is -0.722. The Bertz CT molecular complexity index is 4580. The Morgan fingerprint density at radius 1 is 0.439 bits per heavy atom. The quantitative estimate of drug-likeness (QED) is 0.0217. The molecule has 786 valence electrons. The van der Waals surface area contributed by atoms with Crippen LogP contribution in [0.25, 0.3) is 0 Å². The smallest absolute Gasteiger partial charge is 0.338 e. The van der Waals surface area contributed by atoms with E-state index in [2.05, 4.69) is 169 Å². The zero-order valence-electron chi connectivity index (χ0n) is 89.5. The highest BCUT2D eigenvalue weighted by Gasteiger charge is 2.73. The van der Waals surface area contributed by atoms with Gasteiger partial charge in [-0.05, 0) is 264 Å². The Hall–Kier alpha value is -4.27. The minimum Gasteiger partial charge on any atom is -0.497 e. The van der Waals surface area contributed by atoms with E-state index in [-0.39, 0.29) is 99.1 Å². The van der Waals surface area contributed by atoms with Gasteiger partial charge < -0.3 is 106 Å². The second kappa shape index (κ2) is 42.8. The highest BCUT2D eigenvalue weighted by molar-refractivity contribution is 6.75. The molecule has 34 atom stereocenters. The fourth-order valence-corrected chi connectivity index (χ4v) is 30.2. The maximum absolute atomic E-state index is 14.4. The van der Waals surface area contributed by atoms with Crippen molar-refractivity contribution in [2.24, 2.45) is 92.7 Å². The molecule has 0 bridgehead atoms. The molecule has 18 unspecified atom stereocenters. The molecule has 0 spiro atoms. The molecule has 4 aliphatic heterocycles. The minimum absolute atomic E-state index is 0.0284. The van der Waals surface area contributed by atoms with Crippen molar-refractivity contribution in [3.63, 3.8) is 0 Å². The summed E-state index contributed by atoms with van der Waals surface area (Å²) in [7, 11) is -3.27. The van der Waals surface area contributed by atoms with Crippen LogP contribution in [-0.4, -0.2) is 247 Å². The minimum atomic E-state index is -2.44. The Labute approximate surface area is 833 Å². The number of benzene rings is 2. The van der Waals surface area contributed by atoms with Crippen LogP contribution in [0.2, 0.25) is 54.4 Å². The summed E-state index contributed by atoms with van der Waals surface area (Å²) in [4.78, 5) is 55.7. The predicted molar refractivity (Wildman–Crippen MR) is 538 cm³/mol. The molecule has 4 saturated heterocycles. The largest absolute Gasteiger partial charge is 0.497 e. The van der Waals surface area contributed by atoms with Gasteiger partial charge in [0.15, 0.2) is 62.3 Å². The lowest BCUT2D eigenvalue weighted by Gasteiger charge is -2.60. The van der Waals surface area contributed by atoms with E-state index in [1.165, 1.54) is 30.4 Å². The highest BCUT2D eigenvalue weighted by Crippen LogP contribution is 2.72. The summed E-state index contributed by atoms with van der Waals surface area (Å²) in [6.07, 6.45) is 2.07. The zero-order valence-corrected chi connectivity index (χ0v) is 92.5. The fraction of sp³-hybridized carbons (Fsp3) is 0.818. The summed E-state index contributed by atoms with van der Waals surface area (Å²) in [5, 5.41) is 84.2. The molecule has 29 heteroatoms. The third kappa shape index (κ3) is 22.1. The second-order valence-electron chi connectivity index (χ2n) is 50.6. The molecule has 0 radical (unpaired) electrons. The summed E-state index contributed by atoms with van der Waals surface area (Å²) in [6, 6.07) is 12.7. The lowest BCUT2D eigenvalue weighted by molar-refractivity contribution is -0.333. The van der Waals surface area contributed by atoms with Gasteiger partial charge in [0, 0.05) is 59.6 Å². The SMILES string of the molecule is COc1ccc(C(=O)OC2C(OC3C(O)COC(O[C@H]4C[C@H]5[C@@H]6CC=C7C[C@@H](O[Si](C)(C)C(C)(C)C)CC[C@]7(C)C6CC[C@]5(C)[C@@]4(O)[C@H](C)C(=O)CCC(C)C)C3C)OCC(O)C2O)cc1.COc1ccc(C(=O)OC2C(OC3C(O)COC(O[C@H]4C[C@H]5[C@@H]6CC=C7C[C@@H](O[Si](C)(C)C(C)(C)C)CC[C@]7(C)C6CC[C@]5(C)[C@@]4(O)[C@H](C)C(=O)CCC(C)C)C3C)OCC(O[Si](C)(C)C(C)(C)C)C2O)cc1. The van der Waals surface area contributed by atoms with E-state index in [1.54, 1.807) is 43.5 Å². The number of methoxy groups -OCH3 is 2. The van der Waals surface area contributed by atoms with Crippen molar-refractivity contribution in [3.05, 3.63) is 83.0 Å². The van der Waals surface area contributed by atoms with Gasteiger partial charge in [-0.15, -0.1) is 0 Å². The van der Waals surface area contributed by atoms with Gasteiger partial charge in [-0.25, -0.2) is 9.59 Å². The van der Waals surface area contributed by atoms with Crippen LogP contribution in [0.15, 0.2) is 71.8 Å². The summed E-state index contributed by atoms with van der Waals surface area (Å²) in [6.45, 7) is 58.4. The first-order valence-corrected chi connectivity index (χ1v) is 61.5. The number of hydrogen-bond acceptors (Lipinski definition) is 26. The van der Waals surface area contributed by atoms with Crippen molar-refractivity contribution in [2.45, 2.75) is 437 Å². The van der Waals surface area contributed by atoms with Crippen LogP contribution in [0.4, 0.5) is 0 Å². The monoisotopic (exact) mass is 2000 g/mol. The third-order valence-corrected chi connectivity index (χ3v) is 51.9. The Balaban J connectivity index is 0.000000235. The third-order valence-electron chi connectivity index (χ3n) is 38.3. The van der Waals surface area contributed by atoms with Gasteiger partial charge in [0.05, 0.1) is 82.3 Å². The van der Waals surface area contributed by atoms with E-state index in [1.807, 2.05) is 27.7 Å². The predicted octanol–water partition coefficient (Wildman–Crippen LogP) is 18.5. The van der Waals surface area contributed by atoms with Gasteiger partial charge >= 0.3 is 11.9 Å². The highest BCUT2D eigenvalue weighted by atomic mass is 28.4. The van der Waals surface area contributed by atoms with Gasteiger partial charge in [0.2, 0.25) is 0 Å². The van der Waals surface area contributed by atoms with Crippen LogP contribution in [0.1, 0.15) is 282 Å². The first-order valence-electron chi connectivity index (χ1n) is 52.8. The van der Waals surface area contributed by atoms with Crippen LogP contribution in [-0.2, 0) is 70.2 Å².